The number of hydrogen-bond acceptors (Lipinski definition) is 2. The number of anilines is 1. The molecule has 2 heteroatoms. The maximum Gasteiger partial charge on any atom is 0.133 e. The predicted octanol–water partition coefficient (Wildman–Crippen LogP) is 5.84. The fourth-order valence-corrected chi connectivity index (χ4v) is 2.32. The maximum atomic E-state index is 11.4. The van der Waals surface area contributed by atoms with E-state index in [2.05, 4.69) is 26.0 Å². The molecular weight excluding hydrogens is 294 g/mol. The number of rotatable bonds is 5. The molecule has 0 spiro atoms. The Morgan fingerprint density at radius 3 is 1.96 bits per heavy atom. The molecule has 1 unspecified atom stereocenters. The van der Waals surface area contributed by atoms with Gasteiger partial charge >= 0.3 is 0 Å². The van der Waals surface area contributed by atoms with E-state index in [1.54, 1.807) is 6.92 Å². The first-order valence-electron chi connectivity index (χ1n) is 8.90. The van der Waals surface area contributed by atoms with Gasteiger partial charge in [-0.25, -0.2) is 0 Å². The van der Waals surface area contributed by atoms with E-state index < -0.39 is 0 Å². The summed E-state index contributed by atoms with van der Waals surface area (Å²) >= 11 is 0. The number of carbonyl (C=O) groups excluding carboxylic acids is 1. The summed E-state index contributed by atoms with van der Waals surface area (Å²) in [4.78, 5) is 11.4. The number of aryl methyl sites for hydroxylation is 1. The monoisotopic (exact) mass is 327 g/mol. The van der Waals surface area contributed by atoms with Crippen LogP contribution in [0.15, 0.2) is 54.6 Å². The molecule has 0 amide bonds. The highest BCUT2D eigenvalue weighted by molar-refractivity contribution is 5.78. The Kier molecular flexibility index (Phi) is 12.2. The Hall–Kier alpha value is -2.09. The predicted molar refractivity (Wildman–Crippen MR) is 106 cm³/mol. The molecule has 0 aliphatic heterocycles. The normalized spacial score (nSPS) is 10.5. The van der Waals surface area contributed by atoms with Crippen molar-refractivity contribution < 1.29 is 4.79 Å². The topological polar surface area (TPSA) is 43.1 Å². The molecule has 0 heterocycles. The SMILES string of the molecule is CC.CCCC(Cc1ccccc1N)C(C)=O.Cc1ccccc1. The number of nitrogens with two attached hydrogens (primary N) is 1. The third kappa shape index (κ3) is 9.14. The molecule has 0 aliphatic carbocycles. The van der Waals surface area contributed by atoms with E-state index in [1.807, 2.05) is 56.3 Å². The molecule has 0 radical (unpaired) electrons. The van der Waals surface area contributed by atoms with E-state index >= 15 is 0 Å². The van der Waals surface area contributed by atoms with Gasteiger partial charge in [0.25, 0.3) is 0 Å². The number of benzene rings is 2. The lowest BCUT2D eigenvalue weighted by Gasteiger charge is -2.13. The minimum Gasteiger partial charge on any atom is -0.399 e. The Balaban J connectivity index is 0.000000488. The molecule has 2 rings (SSSR count). The van der Waals surface area contributed by atoms with Gasteiger partial charge in [-0.05, 0) is 38.3 Å². The van der Waals surface area contributed by atoms with Gasteiger partial charge in [0, 0.05) is 11.6 Å². The summed E-state index contributed by atoms with van der Waals surface area (Å²) in [6.07, 6.45) is 2.76. The Labute approximate surface area is 148 Å². The van der Waals surface area contributed by atoms with Crippen molar-refractivity contribution in [2.75, 3.05) is 5.73 Å². The van der Waals surface area contributed by atoms with Gasteiger partial charge < -0.3 is 5.73 Å². The lowest BCUT2D eigenvalue weighted by molar-refractivity contribution is -0.120. The van der Waals surface area contributed by atoms with Crippen LogP contribution in [0.25, 0.3) is 0 Å². The molecule has 0 aliphatic rings. The number of Topliss-reactive ketones (excluding diaryl/α,β-unsaturated/α-hetero) is 1. The summed E-state index contributed by atoms with van der Waals surface area (Å²) in [7, 11) is 0. The van der Waals surface area contributed by atoms with Crippen molar-refractivity contribution in [1.82, 2.24) is 0 Å². The van der Waals surface area contributed by atoms with Crippen LogP contribution in [-0.2, 0) is 11.2 Å². The van der Waals surface area contributed by atoms with E-state index in [0.717, 1.165) is 30.5 Å². The Morgan fingerprint density at radius 2 is 1.54 bits per heavy atom. The van der Waals surface area contributed by atoms with Gasteiger partial charge in [0.2, 0.25) is 0 Å². The van der Waals surface area contributed by atoms with Crippen molar-refractivity contribution in [3.8, 4) is 0 Å². The molecule has 2 nitrogen and oxygen atoms in total. The molecule has 1 atom stereocenters. The Morgan fingerprint density at radius 1 is 1.00 bits per heavy atom. The first kappa shape index (κ1) is 21.9. The zero-order valence-electron chi connectivity index (χ0n) is 15.9. The minimum absolute atomic E-state index is 0.125. The summed E-state index contributed by atoms with van der Waals surface area (Å²) in [5.41, 5.74) is 9.06. The molecule has 2 aromatic rings. The van der Waals surface area contributed by atoms with Crippen LogP contribution in [0.2, 0.25) is 0 Å². The zero-order valence-corrected chi connectivity index (χ0v) is 15.9. The second-order valence-corrected chi connectivity index (χ2v) is 5.65. The summed E-state index contributed by atoms with van der Waals surface area (Å²) in [5.74, 6) is 0.389. The van der Waals surface area contributed by atoms with Gasteiger partial charge in [-0.2, -0.15) is 0 Å². The molecule has 24 heavy (non-hydrogen) atoms. The van der Waals surface area contributed by atoms with Crippen molar-refractivity contribution >= 4 is 11.5 Å². The van der Waals surface area contributed by atoms with E-state index in [0.29, 0.717) is 0 Å². The second-order valence-electron chi connectivity index (χ2n) is 5.65. The highest BCUT2D eigenvalue weighted by atomic mass is 16.1. The summed E-state index contributed by atoms with van der Waals surface area (Å²) in [6, 6.07) is 18.0. The molecule has 2 N–H and O–H groups in total. The zero-order chi connectivity index (χ0) is 18.4. The summed E-state index contributed by atoms with van der Waals surface area (Å²) < 4.78 is 0. The van der Waals surface area contributed by atoms with Gasteiger partial charge in [-0.3, -0.25) is 4.79 Å². The molecule has 132 valence electrons. The van der Waals surface area contributed by atoms with Crippen LogP contribution < -0.4 is 5.73 Å². The minimum atomic E-state index is 0.125. The first-order chi connectivity index (χ1) is 11.5. The molecule has 0 saturated carbocycles. The van der Waals surface area contributed by atoms with Crippen LogP contribution in [0.5, 0.6) is 0 Å². The lowest BCUT2D eigenvalue weighted by atomic mass is 9.91. The third-order valence-electron chi connectivity index (χ3n) is 3.67. The second kappa shape index (κ2) is 13.4. The Bertz CT molecular complexity index is 563. The van der Waals surface area contributed by atoms with E-state index in [-0.39, 0.29) is 11.7 Å². The number of ketones is 1. The fourth-order valence-electron chi connectivity index (χ4n) is 2.32. The fraction of sp³-hybridized carbons (Fsp3) is 0.409. The molecule has 2 aromatic carbocycles. The van der Waals surface area contributed by atoms with Crippen LogP contribution in [0.4, 0.5) is 5.69 Å². The summed E-state index contributed by atoms with van der Waals surface area (Å²) in [6.45, 7) is 9.85. The molecule has 0 bridgehead atoms. The van der Waals surface area contributed by atoms with Gasteiger partial charge in [-0.15, -0.1) is 0 Å². The quantitative estimate of drug-likeness (QED) is 0.701. The highest BCUT2D eigenvalue weighted by Crippen LogP contribution is 2.19. The average Bonchev–Trinajstić information content (AvgIpc) is 2.59. The van der Waals surface area contributed by atoms with Crippen LogP contribution in [0.3, 0.4) is 0 Å². The van der Waals surface area contributed by atoms with E-state index in [9.17, 15) is 4.79 Å². The van der Waals surface area contributed by atoms with Crippen molar-refractivity contribution in [3.05, 3.63) is 65.7 Å². The number of nitrogen functional groups attached to an aromatic ring is 1. The third-order valence-corrected chi connectivity index (χ3v) is 3.67. The molecule has 0 aromatic heterocycles. The van der Waals surface area contributed by atoms with Crippen LogP contribution in [0, 0.1) is 12.8 Å². The van der Waals surface area contributed by atoms with Crippen molar-refractivity contribution in [3.63, 3.8) is 0 Å². The van der Waals surface area contributed by atoms with Crippen molar-refractivity contribution in [1.29, 1.82) is 0 Å². The highest BCUT2D eigenvalue weighted by Gasteiger charge is 2.14. The average molecular weight is 328 g/mol. The van der Waals surface area contributed by atoms with Crippen LogP contribution in [0.1, 0.15) is 51.7 Å². The van der Waals surface area contributed by atoms with E-state index in [4.69, 9.17) is 5.73 Å². The molecular formula is C22H33NO. The number of carbonyl (C=O) groups is 1. The molecule has 0 fully saturated rings. The molecule has 0 saturated heterocycles. The smallest absolute Gasteiger partial charge is 0.133 e. The first-order valence-corrected chi connectivity index (χ1v) is 8.90. The van der Waals surface area contributed by atoms with Gasteiger partial charge in [0.1, 0.15) is 5.78 Å². The summed E-state index contributed by atoms with van der Waals surface area (Å²) in [5, 5.41) is 0. The van der Waals surface area contributed by atoms with Crippen LogP contribution >= 0.6 is 0 Å². The lowest BCUT2D eigenvalue weighted by Crippen LogP contribution is -2.14. The largest absolute Gasteiger partial charge is 0.399 e. The van der Waals surface area contributed by atoms with Gasteiger partial charge in [0.15, 0.2) is 0 Å². The van der Waals surface area contributed by atoms with Gasteiger partial charge in [-0.1, -0.05) is 81.3 Å². The standard InChI is InChI=1S/C13H19NO.C7H8.C2H6/c1-3-6-11(10(2)15)9-12-7-4-5-8-13(12)14;1-7-5-3-2-4-6-7;1-2/h4-5,7-8,11H,3,6,9,14H2,1-2H3;2-6H,1H3;1-2H3. The van der Waals surface area contributed by atoms with Crippen molar-refractivity contribution in [2.24, 2.45) is 5.92 Å². The van der Waals surface area contributed by atoms with E-state index in [1.165, 1.54) is 5.56 Å². The number of para-hydroxylation sites is 1. The van der Waals surface area contributed by atoms with Crippen LogP contribution in [-0.4, -0.2) is 5.78 Å². The van der Waals surface area contributed by atoms with Crippen molar-refractivity contribution in [2.45, 2.75) is 53.9 Å². The number of hydrogen-bond donors (Lipinski definition) is 1. The van der Waals surface area contributed by atoms with Gasteiger partial charge in [0.05, 0.1) is 0 Å². The maximum absolute atomic E-state index is 11.4.